The quantitative estimate of drug-likeness (QED) is 0.691. The van der Waals surface area contributed by atoms with Crippen LogP contribution in [0.4, 0.5) is 0 Å². The van der Waals surface area contributed by atoms with Crippen LogP contribution < -0.4 is 0 Å². The van der Waals surface area contributed by atoms with E-state index in [-0.39, 0.29) is 24.4 Å². The van der Waals surface area contributed by atoms with Gasteiger partial charge in [0.05, 0.1) is 0 Å². The van der Waals surface area contributed by atoms with Crippen LogP contribution >= 0.6 is 0 Å². The lowest BCUT2D eigenvalue weighted by Crippen LogP contribution is -2.54. The zero-order valence-electron chi connectivity index (χ0n) is 15.3. The molecule has 5 heteroatoms. The van der Waals surface area contributed by atoms with Crippen molar-refractivity contribution in [2.24, 2.45) is 5.92 Å². The van der Waals surface area contributed by atoms with E-state index in [2.05, 4.69) is 33.1 Å². The second-order valence-electron chi connectivity index (χ2n) is 7.74. The fourth-order valence-electron chi connectivity index (χ4n) is 2.89. The van der Waals surface area contributed by atoms with Gasteiger partial charge in [0.2, 0.25) is 0 Å². The normalized spacial score (nSPS) is 39.7. The highest BCUT2D eigenvalue weighted by molar-refractivity contribution is 5.05. The molecule has 3 fully saturated rings. The molecule has 0 amide bonds. The Bertz CT molecular complexity index is 461. The van der Waals surface area contributed by atoms with Crippen LogP contribution in [-0.4, -0.2) is 42.3 Å². The lowest BCUT2D eigenvalue weighted by molar-refractivity contribution is -0.222. The van der Waals surface area contributed by atoms with E-state index < -0.39 is 17.9 Å². The van der Waals surface area contributed by atoms with Crippen LogP contribution in [0.5, 0.6) is 0 Å². The van der Waals surface area contributed by atoms with Gasteiger partial charge in [-0.15, -0.1) is 5.73 Å². The molecule has 23 heavy (non-hydrogen) atoms. The third-order valence-corrected chi connectivity index (χ3v) is 3.47. The minimum atomic E-state index is -0.678. The average molecular weight is 326 g/mol. The molecule has 132 valence electrons. The summed E-state index contributed by atoms with van der Waals surface area (Å²) in [7, 11) is 0. The van der Waals surface area contributed by atoms with E-state index in [4.69, 9.17) is 23.7 Å². The summed E-state index contributed by atoms with van der Waals surface area (Å²) in [5, 5.41) is 0. The molecule has 3 aliphatic rings. The Morgan fingerprint density at radius 3 is 1.91 bits per heavy atom. The van der Waals surface area contributed by atoms with E-state index in [0.717, 1.165) is 5.92 Å². The monoisotopic (exact) mass is 326 g/mol. The lowest BCUT2D eigenvalue weighted by atomic mass is 9.99. The summed E-state index contributed by atoms with van der Waals surface area (Å²) in [6, 6.07) is 0. The van der Waals surface area contributed by atoms with E-state index in [1.165, 1.54) is 0 Å². The molecule has 0 radical (unpaired) electrons. The molecule has 0 aromatic rings. The molecule has 2 unspecified atom stereocenters. The average Bonchev–Trinajstić information content (AvgIpc) is 2.84. The van der Waals surface area contributed by atoms with Gasteiger partial charge in [0, 0.05) is 0 Å². The largest absolute Gasteiger partial charge is 0.342 e. The van der Waals surface area contributed by atoms with Crippen molar-refractivity contribution < 1.29 is 23.7 Å². The summed E-state index contributed by atoms with van der Waals surface area (Å²) < 4.78 is 29.4. The molecule has 5 nitrogen and oxygen atoms in total. The Morgan fingerprint density at radius 2 is 1.35 bits per heavy atom. The van der Waals surface area contributed by atoms with Crippen molar-refractivity contribution in [2.45, 2.75) is 90.7 Å². The number of hydrogen-bond donors (Lipinski definition) is 0. The maximum atomic E-state index is 5.96. The topological polar surface area (TPSA) is 46.2 Å². The second kappa shape index (κ2) is 6.67. The molecule has 0 saturated carbocycles. The molecule has 0 aliphatic carbocycles. The van der Waals surface area contributed by atoms with Gasteiger partial charge in [0.25, 0.3) is 0 Å². The van der Waals surface area contributed by atoms with Gasteiger partial charge < -0.3 is 23.7 Å². The smallest absolute Gasteiger partial charge is 0.190 e. The van der Waals surface area contributed by atoms with Gasteiger partial charge >= 0.3 is 0 Å². The highest BCUT2D eigenvalue weighted by Gasteiger charge is 2.60. The van der Waals surface area contributed by atoms with E-state index in [1.54, 1.807) is 6.08 Å². The molecule has 3 aliphatic heterocycles. The molecule has 3 saturated heterocycles. The third-order valence-electron chi connectivity index (χ3n) is 3.47. The lowest BCUT2D eigenvalue weighted by Gasteiger charge is -2.35. The zero-order chi connectivity index (χ0) is 17.4. The fourth-order valence-corrected chi connectivity index (χ4v) is 2.89. The first-order valence-electron chi connectivity index (χ1n) is 8.27. The van der Waals surface area contributed by atoms with E-state index >= 15 is 0 Å². The Labute approximate surface area is 139 Å². The summed E-state index contributed by atoms with van der Waals surface area (Å²) in [6.45, 7) is 17.6. The van der Waals surface area contributed by atoms with Crippen LogP contribution in [0.25, 0.3) is 0 Å². The predicted octanol–water partition coefficient (Wildman–Crippen LogP) is 3.39. The minimum Gasteiger partial charge on any atom is -0.342 e. The molecule has 0 aromatic carbocycles. The molecule has 0 N–H and O–H groups in total. The van der Waals surface area contributed by atoms with Crippen LogP contribution in [0.15, 0.2) is 18.4 Å². The van der Waals surface area contributed by atoms with Crippen molar-refractivity contribution in [3.8, 4) is 0 Å². The maximum Gasteiger partial charge on any atom is 0.190 e. The number of rotatable bonds is 1. The SMILES string of the molecule is C=C=CC1O[C@H]2OC(C)(C)O[C@H]2C2OC(C)(C)O[C@H]12.CC(C)C. The maximum absolute atomic E-state index is 5.96. The van der Waals surface area contributed by atoms with Crippen LogP contribution in [0.1, 0.15) is 48.5 Å². The molecule has 3 heterocycles. The van der Waals surface area contributed by atoms with E-state index in [1.807, 2.05) is 27.7 Å². The van der Waals surface area contributed by atoms with E-state index in [9.17, 15) is 0 Å². The minimum absolute atomic E-state index is 0.217. The van der Waals surface area contributed by atoms with Crippen molar-refractivity contribution in [1.82, 2.24) is 0 Å². The zero-order valence-corrected chi connectivity index (χ0v) is 15.3. The highest BCUT2D eigenvalue weighted by Crippen LogP contribution is 2.44. The first-order valence-corrected chi connectivity index (χ1v) is 8.27. The Balaban J connectivity index is 0.000000433. The summed E-state index contributed by atoms with van der Waals surface area (Å²) in [5.74, 6) is -0.500. The highest BCUT2D eigenvalue weighted by atomic mass is 16.9. The molecular weight excluding hydrogens is 296 g/mol. The standard InChI is InChI=1S/C14H20O5.C4H10/c1-6-7-8-9-10(17-13(2,3)16-9)11-12(15-8)19-14(4,5)18-11;1-4(2)3/h7-12H,1H2,2-5H3;4H,1-3H3/t8?,9-,10?,11+,12+;/m1./s1. The predicted molar refractivity (Wildman–Crippen MR) is 86.7 cm³/mol. The van der Waals surface area contributed by atoms with Gasteiger partial charge in [-0.05, 0) is 39.7 Å². The Kier molecular flexibility index (Phi) is 5.41. The summed E-state index contributed by atoms with van der Waals surface area (Å²) >= 11 is 0. The third kappa shape index (κ3) is 4.44. The van der Waals surface area contributed by atoms with Crippen molar-refractivity contribution in [2.75, 3.05) is 0 Å². The molecule has 0 aromatic heterocycles. The van der Waals surface area contributed by atoms with Gasteiger partial charge in [-0.25, -0.2) is 0 Å². The van der Waals surface area contributed by atoms with Crippen molar-refractivity contribution in [3.63, 3.8) is 0 Å². The van der Waals surface area contributed by atoms with Crippen LogP contribution in [0, 0.1) is 5.92 Å². The molecule has 5 atom stereocenters. The van der Waals surface area contributed by atoms with Gasteiger partial charge in [-0.2, -0.15) is 0 Å². The van der Waals surface area contributed by atoms with Gasteiger partial charge in [-0.3, -0.25) is 0 Å². The van der Waals surface area contributed by atoms with Gasteiger partial charge in [0.15, 0.2) is 17.9 Å². The van der Waals surface area contributed by atoms with Crippen LogP contribution in [0.2, 0.25) is 0 Å². The second-order valence-corrected chi connectivity index (χ2v) is 7.74. The Morgan fingerprint density at radius 1 is 0.870 bits per heavy atom. The number of ether oxygens (including phenoxy) is 5. The van der Waals surface area contributed by atoms with Crippen LogP contribution in [-0.2, 0) is 23.7 Å². The number of hydrogen-bond acceptors (Lipinski definition) is 5. The summed E-state index contributed by atoms with van der Waals surface area (Å²) in [4.78, 5) is 0. The first kappa shape index (κ1) is 18.7. The Hall–Kier alpha value is -0.680. The molecule has 0 bridgehead atoms. The van der Waals surface area contributed by atoms with E-state index in [0.29, 0.717) is 0 Å². The van der Waals surface area contributed by atoms with Crippen molar-refractivity contribution in [1.29, 1.82) is 0 Å². The van der Waals surface area contributed by atoms with Crippen molar-refractivity contribution in [3.05, 3.63) is 18.4 Å². The fraction of sp³-hybridized carbons (Fsp3) is 0.833. The van der Waals surface area contributed by atoms with Gasteiger partial charge in [0.1, 0.15) is 24.4 Å². The molecule has 0 spiro atoms. The molecule has 3 rings (SSSR count). The molecular formula is C18H30O5. The van der Waals surface area contributed by atoms with Crippen molar-refractivity contribution >= 4 is 0 Å². The summed E-state index contributed by atoms with van der Waals surface area (Å²) in [5.41, 5.74) is 2.75. The van der Waals surface area contributed by atoms with Gasteiger partial charge in [-0.1, -0.05) is 27.4 Å². The summed E-state index contributed by atoms with van der Waals surface area (Å²) in [6.07, 6.45) is 0.267. The van der Waals surface area contributed by atoms with Crippen LogP contribution in [0.3, 0.4) is 0 Å². The number of fused-ring (bicyclic) bond motifs is 3. The first-order chi connectivity index (χ1) is 10.5.